The van der Waals surface area contributed by atoms with E-state index in [0.717, 1.165) is 22.3 Å². The monoisotopic (exact) mass is 554 g/mol. The number of hydrogen-bond acceptors (Lipinski definition) is 6. The molecule has 3 aromatic carbocycles. The second kappa shape index (κ2) is 13.3. The summed E-state index contributed by atoms with van der Waals surface area (Å²) in [5.74, 6) is -1.20. The first-order valence-corrected chi connectivity index (χ1v) is 13.8. The normalized spacial score (nSPS) is 16.6. The fraction of sp³-hybridized carbons (Fsp3) is 0.273. The van der Waals surface area contributed by atoms with Crippen LogP contribution in [-0.4, -0.2) is 52.5 Å². The number of hydroxylamine groups is 2. The Morgan fingerprint density at radius 1 is 0.951 bits per heavy atom. The molecule has 8 nitrogen and oxygen atoms in total. The van der Waals surface area contributed by atoms with Crippen molar-refractivity contribution in [3.8, 4) is 16.9 Å². The summed E-state index contributed by atoms with van der Waals surface area (Å²) in [6.07, 6.45) is 4.04. The zero-order valence-electron chi connectivity index (χ0n) is 23.0. The molecule has 5 rings (SSSR count). The predicted octanol–water partition coefficient (Wildman–Crippen LogP) is 5.47. The van der Waals surface area contributed by atoms with Crippen LogP contribution in [0.3, 0.4) is 0 Å². The quantitative estimate of drug-likeness (QED) is 0.163. The van der Waals surface area contributed by atoms with Gasteiger partial charge in [-0.1, -0.05) is 78.9 Å². The van der Waals surface area contributed by atoms with Crippen LogP contribution < -0.4 is 4.74 Å². The summed E-state index contributed by atoms with van der Waals surface area (Å²) in [6.45, 7) is 3.91. The van der Waals surface area contributed by atoms with Crippen LogP contribution in [-0.2, 0) is 33.9 Å². The third-order valence-corrected chi connectivity index (χ3v) is 7.10. The molecule has 0 aliphatic carbocycles. The van der Waals surface area contributed by atoms with Gasteiger partial charge in [-0.05, 0) is 36.1 Å². The summed E-state index contributed by atoms with van der Waals surface area (Å²) < 4.78 is 13.3. The topological polar surface area (TPSA) is 90.0 Å². The SMILES string of the molecule is CCOC(=O)c1cn(CCOc2ccccc2CC(C(=O)O)C2CN2OCc2ccccc2)cc1-c1ccccc1. The standard InChI is InChI=1S/C33H34N2O6/c1-2-39-33(38)29-21-34(20-28(29)25-13-7-4-8-14-25)17-18-40-31-16-10-9-15-26(31)19-27(32(36)37)30-22-35(30)41-23-24-11-5-3-6-12-24/h3-16,20-21,27,30H,2,17-19,22-23H2,1H3,(H,36,37). The molecule has 8 heteroatoms. The molecule has 2 heterocycles. The van der Waals surface area contributed by atoms with Gasteiger partial charge in [0.1, 0.15) is 12.4 Å². The molecule has 1 N–H and O–H groups in total. The molecular weight excluding hydrogens is 520 g/mol. The third-order valence-electron chi connectivity index (χ3n) is 7.10. The van der Waals surface area contributed by atoms with E-state index in [1.807, 2.05) is 95.7 Å². The van der Waals surface area contributed by atoms with Crippen LogP contribution in [0.1, 0.15) is 28.4 Å². The Labute approximate surface area is 239 Å². The van der Waals surface area contributed by atoms with Crippen LogP contribution in [0.25, 0.3) is 11.1 Å². The van der Waals surface area contributed by atoms with E-state index in [9.17, 15) is 14.7 Å². The van der Waals surface area contributed by atoms with Gasteiger partial charge in [0.15, 0.2) is 0 Å². The number of ether oxygens (including phenoxy) is 2. The van der Waals surface area contributed by atoms with Crippen molar-refractivity contribution in [2.24, 2.45) is 5.92 Å². The molecule has 1 saturated heterocycles. The van der Waals surface area contributed by atoms with Gasteiger partial charge in [0.2, 0.25) is 0 Å². The van der Waals surface area contributed by atoms with Crippen molar-refractivity contribution in [2.45, 2.75) is 32.5 Å². The Hall–Kier alpha value is -4.40. The van der Waals surface area contributed by atoms with Gasteiger partial charge >= 0.3 is 11.9 Å². The molecule has 212 valence electrons. The molecule has 0 spiro atoms. The van der Waals surface area contributed by atoms with Crippen molar-refractivity contribution < 1.29 is 29.0 Å². The number of aromatic nitrogens is 1. The van der Waals surface area contributed by atoms with Crippen molar-refractivity contribution in [1.82, 2.24) is 9.63 Å². The number of nitrogens with zero attached hydrogens (tertiary/aromatic N) is 2. The maximum absolute atomic E-state index is 12.6. The number of benzene rings is 3. The fourth-order valence-electron chi connectivity index (χ4n) is 4.90. The maximum Gasteiger partial charge on any atom is 0.340 e. The highest BCUT2D eigenvalue weighted by Crippen LogP contribution is 2.32. The summed E-state index contributed by atoms with van der Waals surface area (Å²) in [6, 6.07) is 26.9. The van der Waals surface area contributed by atoms with Crippen LogP contribution in [0.4, 0.5) is 0 Å². The lowest BCUT2D eigenvalue weighted by Crippen LogP contribution is -2.25. The first-order valence-electron chi connectivity index (χ1n) is 13.8. The average Bonchev–Trinajstić information content (AvgIpc) is 3.63. The van der Waals surface area contributed by atoms with Gasteiger partial charge < -0.3 is 19.1 Å². The zero-order chi connectivity index (χ0) is 28.6. The van der Waals surface area contributed by atoms with Crippen molar-refractivity contribution >= 4 is 11.9 Å². The summed E-state index contributed by atoms with van der Waals surface area (Å²) in [4.78, 5) is 30.7. The lowest BCUT2D eigenvalue weighted by atomic mass is 9.95. The second-order valence-electron chi connectivity index (χ2n) is 9.94. The van der Waals surface area contributed by atoms with E-state index in [0.29, 0.717) is 50.6 Å². The van der Waals surface area contributed by atoms with Gasteiger partial charge in [0.05, 0.1) is 37.3 Å². The largest absolute Gasteiger partial charge is 0.491 e. The number of esters is 1. The van der Waals surface area contributed by atoms with Crippen LogP contribution in [0.2, 0.25) is 0 Å². The number of carboxylic acid groups (broad SMARTS) is 1. The molecule has 0 bridgehead atoms. The van der Waals surface area contributed by atoms with Crippen LogP contribution in [0.15, 0.2) is 97.3 Å². The molecule has 0 saturated carbocycles. The van der Waals surface area contributed by atoms with Gasteiger partial charge in [0, 0.05) is 24.5 Å². The number of carbonyl (C=O) groups excluding carboxylic acids is 1. The Bertz CT molecular complexity index is 1450. The summed E-state index contributed by atoms with van der Waals surface area (Å²) in [7, 11) is 0. The predicted molar refractivity (Wildman–Crippen MR) is 154 cm³/mol. The number of hydrogen-bond donors (Lipinski definition) is 1. The van der Waals surface area contributed by atoms with Gasteiger partial charge in [-0.25, -0.2) is 4.79 Å². The van der Waals surface area contributed by atoms with Crippen molar-refractivity contribution in [1.29, 1.82) is 0 Å². The van der Waals surface area contributed by atoms with E-state index in [1.165, 1.54) is 0 Å². The number of carboxylic acids is 1. The van der Waals surface area contributed by atoms with Gasteiger partial charge in [-0.15, -0.1) is 0 Å². The average molecular weight is 555 g/mol. The first kappa shape index (κ1) is 28.1. The minimum Gasteiger partial charge on any atom is -0.491 e. The smallest absolute Gasteiger partial charge is 0.340 e. The van der Waals surface area contributed by atoms with Crippen molar-refractivity contribution in [2.75, 3.05) is 19.8 Å². The van der Waals surface area contributed by atoms with E-state index < -0.39 is 11.9 Å². The Morgan fingerprint density at radius 3 is 2.39 bits per heavy atom. The van der Waals surface area contributed by atoms with Crippen LogP contribution >= 0.6 is 0 Å². The number of para-hydroxylation sites is 1. The van der Waals surface area contributed by atoms with Crippen LogP contribution in [0.5, 0.6) is 5.75 Å². The fourth-order valence-corrected chi connectivity index (χ4v) is 4.90. The Kier molecular flexibility index (Phi) is 9.13. The molecule has 1 fully saturated rings. The van der Waals surface area contributed by atoms with Gasteiger partial charge in [-0.2, -0.15) is 5.06 Å². The van der Waals surface area contributed by atoms with Crippen LogP contribution in [0, 0.1) is 5.92 Å². The molecule has 1 aliphatic rings. The molecule has 3 unspecified atom stereocenters. The van der Waals surface area contributed by atoms with Gasteiger partial charge in [-0.3, -0.25) is 9.63 Å². The lowest BCUT2D eigenvalue weighted by Gasteiger charge is -2.16. The molecule has 1 aromatic heterocycles. The Morgan fingerprint density at radius 2 is 1.66 bits per heavy atom. The molecule has 0 radical (unpaired) electrons. The van der Waals surface area contributed by atoms with E-state index in [1.54, 1.807) is 18.2 Å². The molecule has 0 amide bonds. The highest BCUT2D eigenvalue weighted by Gasteiger charge is 2.45. The molecule has 4 aromatic rings. The van der Waals surface area contributed by atoms with E-state index in [-0.39, 0.29) is 12.0 Å². The highest BCUT2D eigenvalue weighted by atomic mass is 16.7. The maximum atomic E-state index is 12.6. The zero-order valence-corrected chi connectivity index (χ0v) is 23.0. The molecular formula is C33H34N2O6. The third kappa shape index (κ3) is 7.22. The highest BCUT2D eigenvalue weighted by molar-refractivity contribution is 5.97. The summed E-state index contributed by atoms with van der Waals surface area (Å²) >= 11 is 0. The minimum absolute atomic E-state index is 0.193. The number of aliphatic carboxylic acids is 1. The minimum atomic E-state index is -0.858. The van der Waals surface area contributed by atoms with Crippen molar-refractivity contribution in [3.05, 3.63) is 114 Å². The van der Waals surface area contributed by atoms with E-state index in [4.69, 9.17) is 14.3 Å². The first-order chi connectivity index (χ1) is 20.0. The van der Waals surface area contributed by atoms with Crippen molar-refractivity contribution in [3.63, 3.8) is 0 Å². The second-order valence-corrected chi connectivity index (χ2v) is 9.94. The number of rotatable bonds is 14. The summed E-state index contributed by atoms with van der Waals surface area (Å²) in [5, 5.41) is 11.7. The lowest BCUT2D eigenvalue weighted by molar-refractivity contribution is -0.145. The molecule has 3 atom stereocenters. The number of carbonyl (C=O) groups is 2. The van der Waals surface area contributed by atoms with E-state index in [2.05, 4.69) is 0 Å². The Balaban J connectivity index is 1.21. The summed E-state index contributed by atoms with van der Waals surface area (Å²) in [5.41, 5.74) is 4.11. The van der Waals surface area contributed by atoms with E-state index >= 15 is 0 Å². The van der Waals surface area contributed by atoms with Gasteiger partial charge in [0.25, 0.3) is 0 Å². The molecule has 1 aliphatic heterocycles. The molecule has 41 heavy (non-hydrogen) atoms.